The third-order valence-electron chi connectivity index (χ3n) is 2.76. The van der Waals surface area contributed by atoms with Crippen molar-refractivity contribution in [3.8, 4) is 0 Å². The van der Waals surface area contributed by atoms with Gasteiger partial charge in [-0.15, -0.1) is 0 Å². The number of rotatable bonds is 3. The lowest BCUT2D eigenvalue weighted by molar-refractivity contribution is 0.785. The number of hydrogen-bond acceptors (Lipinski definition) is 4. The second-order valence-corrected chi connectivity index (χ2v) is 5.39. The molecule has 0 amide bonds. The second kappa shape index (κ2) is 4.14. The lowest BCUT2D eigenvalue weighted by Gasteiger charge is -2.04. The fraction of sp³-hybridized carbons (Fsp3) is 0.417. The van der Waals surface area contributed by atoms with E-state index in [-0.39, 0.29) is 0 Å². The summed E-state index contributed by atoms with van der Waals surface area (Å²) in [7, 11) is 1.99. The topological polar surface area (TPSA) is 43.6 Å². The Morgan fingerprint density at radius 3 is 2.82 bits per heavy atom. The summed E-state index contributed by atoms with van der Waals surface area (Å²) in [5, 5.41) is 1.96. The van der Waals surface area contributed by atoms with E-state index in [1.807, 2.05) is 30.8 Å². The standard InChI is InChI=1S/C12H14N4S/c1-8-7-10(15-11(14-8)9-3-4-9)17-12-13-5-6-16(12)2/h5-7,9H,3-4H2,1-2H3. The first-order chi connectivity index (χ1) is 8.22. The molecule has 17 heavy (non-hydrogen) atoms. The van der Waals surface area contributed by atoms with E-state index in [4.69, 9.17) is 0 Å². The first-order valence-corrected chi connectivity index (χ1v) is 6.55. The maximum Gasteiger partial charge on any atom is 0.174 e. The Hall–Kier alpha value is -1.36. The van der Waals surface area contributed by atoms with Gasteiger partial charge in [-0.1, -0.05) is 0 Å². The lowest BCUT2D eigenvalue weighted by Crippen LogP contribution is -1.97. The molecule has 2 heterocycles. The Labute approximate surface area is 105 Å². The Bertz CT molecular complexity index is 545. The fourth-order valence-electron chi connectivity index (χ4n) is 1.68. The van der Waals surface area contributed by atoms with Gasteiger partial charge in [0, 0.05) is 31.1 Å². The van der Waals surface area contributed by atoms with Crippen LogP contribution in [0.1, 0.15) is 30.3 Å². The largest absolute Gasteiger partial charge is 0.329 e. The van der Waals surface area contributed by atoms with Gasteiger partial charge in [-0.05, 0) is 37.6 Å². The molecule has 0 spiro atoms. The maximum atomic E-state index is 4.61. The minimum atomic E-state index is 0.593. The van der Waals surface area contributed by atoms with Crippen LogP contribution in [-0.4, -0.2) is 19.5 Å². The summed E-state index contributed by atoms with van der Waals surface area (Å²) in [5.41, 5.74) is 1.04. The zero-order valence-electron chi connectivity index (χ0n) is 9.92. The van der Waals surface area contributed by atoms with E-state index in [0.717, 1.165) is 21.7 Å². The predicted molar refractivity (Wildman–Crippen MR) is 66.1 cm³/mol. The van der Waals surface area contributed by atoms with Gasteiger partial charge in [-0.2, -0.15) is 0 Å². The van der Waals surface area contributed by atoms with E-state index in [0.29, 0.717) is 5.92 Å². The van der Waals surface area contributed by atoms with Crippen LogP contribution in [0, 0.1) is 6.92 Å². The molecular formula is C12H14N4S. The number of hydrogen-bond donors (Lipinski definition) is 0. The van der Waals surface area contributed by atoms with Gasteiger partial charge in [0.25, 0.3) is 0 Å². The molecule has 0 aromatic carbocycles. The molecule has 1 saturated carbocycles. The summed E-state index contributed by atoms with van der Waals surface area (Å²) in [6.45, 7) is 2.02. The number of aromatic nitrogens is 4. The summed E-state index contributed by atoms with van der Waals surface area (Å²) in [5.74, 6) is 1.59. The van der Waals surface area contributed by atoms with Crippen LogP contribution >= 0.6 is 11.8 Å². The van der Waals surface area contributed by atoms with Crippen molar-refractivity contribution in [2.45, 2.75) is 35.9 Å². The molecule has 1 aliphatic carbocycles. The van der Waals surface area contributed by atoms with Crippen LogP contribution in [0.4, 0.5) is 0 Å². The molecule has 2 aromatic rings. The summed E-state index contributed by atoms with van der Waals surface area (Å²) in [6, 6.07) is 2.02. The summed E-state index contributed by atoms with van der Waals surface area (Å²) < 4.78 is 2.00. The predicted octanol–water partition coefficient (Wildman–Crippen LogP) is 2.55. The van der Waals surface area contributed by atoms with Crippen molar-refractivity contribution in [2.75, 3.05) is 0 Å². The molecule has 4 nitrogen and oxygen atoms in total. The van der Waals surface area contributed by atoms with Crippen molar-refractivity contribution in [3.63, 3.8) is 0 Å². The molecule has 0 unspecified atom stereocenters. The molecule has 3 rings (SSSR count). The van der Waals surface area contributed by atoms with E-state index in [1.165, 1.54) is 12.8 Å². The second-order valence-electron chi connectivity index (χ2n) is 4.40. The van der Waals surface area contributed by atoms with Gasteiger partial charge < -0.3 is 4.57 Å². The molecular weight excluding hydrogens is 232 g/mol. The summed E-state index contributed by atoms with van der Waals surface area (Å²) in [4.78, 5) is 13.4. The molecule has 0 saturated heterocycles. The third-order valence-corrected chi connectivity index (χ3v) is 3.76. The molecule has 0 bridgehead atoms. The zero-order valence-corrected chi connectivity index (χ0v) is 10.7. The van der Waals surface area contributed by atoms with Crippen molar-refractivity contribution in [1.29, 1.82) is 0 Å². The minimum absolute atomic E-state index is 0.593. The number of imidazole rings is 1. The Balaban J connectivity index is 1.89. The zero-order chi connectivity index (χ0) is 11.8. The van der Waals surface area contributed by atoms with Crippen LogP contribution in [0.2, 0.25) is 0 Å². The van der Waals surface area contributed by atoms with Crippen LogP contribution in [0.5, 0.6) is 0 Å². The molecule has 88 valence electrons. The highest BCUT2D eigenvalue weighted by atomic mass is 32.2. The van der Waals surface area contributed by atoms with E-state index < -0.39 is 0 Å². The van der Waals surface area contributed by atoms with Gasteiger partial charge in [0.2, 0.25) is 0 Å². The van der Waals surface area contributed by atoms with Crippen LogP contribution < -0.4 is 0 Å². The Morgan fingerprint density at radius 1 is 1.35 bits per heavy atom. The first kappa shape index (κ1) is 10.8. The Morgan fingerprint density at radius 2 is 2.18 bits per heavy atom. The molecule has 0 N–H and O–H groups in total. The molecule has 0 aliphatic heterocycles. The van der Waals surface area contributed by atoms with Crippen molar-refractivity contribution >= 4 is 11.8 Å². The average Bonchev–Trinajstić information content (AvgIpc) is 3.05. The highest BCUT2D eigenvalue weighted by Crippen LogP contribution is 2.39. The van der Waals surface area contributed by atoms with Crippen LogP contribution in [0.3, 0.4) is 0 Å². The molecule has 2 aromatic heterocycles. The first-order valence-electron chi connectivity index (χ1n) is 5.73. The SMILES string of the molecule is Cc1cc(Sc2nccn2C)nc(C2CC2)n1. The molecule has 1 aliphatic rings. The molecule has 1 fully saturated rings. The van der Waals surface area contributed by atoms with E-state index in [2.05, 4.69) is 15.0 Å². The maximum absolute atomic E-state index is 4.61. The monoisotopic (exact) mass is 246 g/mol. The molecule has 0 atom stereocenters. The van der Waals surface area contributed by atoms with Crippen molar-refractivity contribution in [1.82, 2.24) is 19.5 Å². The average molecular weight is 246 g/mol. The normalized spacial score (nSPS) is 15.2. The van der Waals surface area contributed by atoms with E-state index >= 15 is 0 Å². The van der Waals surface area contributed by atoms with Gasteiger partial charge in [-0.25, -0.2) is 15.0 Å². The molecule has 5 heteroatoms. The number of nitrogens with zero attached hydrogens (tertiary/aromatic N) is 4. The Kier molecular flexibility index (Phi) is 2.63. The van der Waals surface area contributed by atoms with Gasteiger partial charge in [0.05, 0.1) is 0 Å². The van der Waals surface area contributed by atoms with Crippen LogP contribution in [-0.2, 0) is 7.05 Å². The van der Waals surface area contributed by atoms with Gasteiger partial charge in [0.1, 0.15) is 10.9 Å². The smallest absolute Gasteiger partial charge is 0.174 e. The van der Waals surface area contributed by atoms with Crippen molar-refractivity contribution < 1.29 is 0 Å². The third kappa shape index (κ3) is 2.34. The summed E-state index contributed by atoms with van der Waals surface area (Å²) >= 11 is 1.60. The summed E-state index contributed by atoms with van der Waals surface area (Å²) in [6.07, 6.45) is 6.21. The quantitative estimate of drug-likeness (QED) is 0.781. The number of aryl methyl sites for hydroxylation is 2. The highest BCUT2D eigenvalue weighted by Gasteiger charge is 2.27. The van der Waals surface area contributed by atoms with Gasteiger partial charge in [0.15, 0.2) is 5.16 Å². The molecule has 0 radical (unpaired) electrons. The van der Waals surface area contributed by atoms with Gasteiger partial charge in [-0.3, -0.25) is 0 Å². The van der Waals surface area contributed by atoms with E-state index in [9.17, 15) is 0 Å². The highest BCUT2D eigenvalue weighted by molar-refractivity contribution is 7.99. The van der Waals surface area contributed by atoms with Gasteiger partial charge >= 0.3 is 0 Å². The van der Waals surface area contributed by atoms with Crippen molar-refractivity contribution in [3.05, 3.63) is 30.0 Å². The van der Waals surface area contributed by atoms with Crippen LogP contribution in [0.15, 0.2) is 28.6 Å². The minimum Gasteiger partial charge on any atom is -0.329 e. The fourth-order valence-corrected chi connectivity index (χ4v) is 2.56. The van der Waals surface area contributed by atoms with Crippen LogP contribution in [0.25, 0.3) is 0 Å². The van der Waals surface area contributed by atoms with Crippen molar-refractivity contribution in [2.24, 2.45) is 7.05 Å². The van der Waals surface area contributed by atoms with E-state index in [1.54, 1.807) is 18.0 Å². The lowest BCUT2D eigenvalue weighted by atomic mass is 10.3.